The van der Waals surface area contributed by atoms with E-state index in [1.165, 1.54) is 44.9 Å². The standard InChI is InChI=1S/C16H31NO3/c1-2-3-4-5-6-7-8-9-10-12-15(18)13-11-14-16(19)20-17/h2-14,17H2,1H3. The summed E-state index contributed by atoms with van der Waals surface area (Å²) >= 11 is 0. The van der Waals surface area contributed by atoms with E-state index in [-0.39, 0.29) is 12.2 Å². The van der Waals surface area contributed by atoms with Crippen LogP contribution < -0.4 is 5.90 Å². The van der Waals surface area contributed by atoms with Gasteiger partial charge in [0, 0.05) is 19.3 Å². The van der Waals surface area contributed by atoms with Crippen molar-refractivity contribution in [3.05, 3.63) is 0 Å². The zero-order valence-corrected chi connectivity index (χ0v) is 13.0. The molecule has 0 aromatic carbocycles. The molecule has 0 aromatic rings. The van der Waals surface area contributed by atoms with E-state index in [9.17, 15) is 9.59 Å². The lowest BCUT2D eigenvalue weighted by atomic mass is 10.0. The molecule has 0 radical (unpaired) electrons. The first-order chi connectivity index (χ1) is 9.70. The van der Waals surface area contributed by atoms with Crippen LogP contribution >= 0.6 is 0 Å². The van der Waals surface area contributed by atoms with E-state index >= 15 is 0 Å². The number of carbonyl (C=O) groups excluding carboxylic acids is 2. The molecule has 0 aliphatic heterocycles. The molecule has 0 rings (SSSR count). The summed E-state index contributed by atoms with van der Waals surface area (Å²) in [5, 5.41) is 0. The average molecular weight is 285 g/mol. The molecule has 20 heavy (non-hydrogen) atoms. The Morgan fingerprint density at radius 1 is 0.750 bits per heavy atom. The second kappa shape index (κ2) is 14.5. The van der Waals surface area contributed by atoms with Gasteiger partial charge in [-0.3, -0.25) is 9.59 Å². The number of Topliss-reactive ketones (excluding diaryl/α,β-unsaturated/α-hetero) is 1. The number of hydrogen-bond acceptors (Lipinski definition) is 4. The minimum atomic E-state index is -0.444. The van der Waals surface area contributed by atoms with Crippen molar-refractivity contribution in [1.29, 1.82) is 0 Å². The molecule has 0 saturated heterocycles. The summed E-state index contributed by atoms with van der Waals surface area (Å²) in [7, 11) is 0. The summed E-state index contributed by atoms with van der Waals surface area (Å²) in [6.45, 7) is 2.23. The molecule has 0 aliphatic carbocycles. The van der Waals surface area contributed by atoms with Crippen LogP contribution in [0.5, 0.6) is 0 Å². The highest BCUT2D eigenvalue weighted by molar-refractivity contribution is 5.79. The Labute approximate surface area is 123 Å². The molecule has 0 heterocycles. The van der Waals surface area contributed by atoms with Gasteiger partial charge in [-0.25, -0.2) is 0 Å². The molecule has 0 atom stereocenters. The van der Waals surface area contributed by atoms with Crippen LogP contribution in [0.25, 0.3) is 0 Å². The predicted octanol–water partition coefficient (Wildman–Crippen LogP) is 4.06. The van der Waals surface area contributed by atoms with Crippen LogP contribution in [0.15, 0.2) is 0 Å². The Kier molecular flexibility index (Phi) is 13.9. The number of rotatable bonds is 14. The first-order valence-electron chi connectivity index (χ1n) is 8.12. The summed E-state index contributed by atoms with van der Waals surface area (Å²) in [5.74, 6) is 4.52. The van der Waals surface area contributed by atoms with Gasteiger partial charge in [-0.1, -0.05) is 58.3 Å². The quantitative estimate of drug-likeness (QED) is 0.386. The highest BCUT2D eigenvalue weighted by atomic mass is 16.7. The molecule has 0 fully saturated rings. The van der Waals surface area contributed by atoms with E-state index in [2.05, 4.69) is 11.8 Å². The Morgan fingerprint density at radius 3 is 1.80 bits per heavy atom. The predicted molar refractivity (Wildman–Crippen MR) is 81.0 cm³/mol. The number of ketones is 1. The van der Waals surface area contributed by atoms with E-state index in [0.717, 1.165) is 12.8 Å². The lowest BCUT2D eigenvalue weighted by molar-refractivity contribution is -0.144. The zero-order chi connectivity index (χ0) is 15.1. The molecule has 4 heteroatoms. The van der Waals surface area contributed by atoms with E-state index in [1.807, 2.05) is 0 Å². The second-order valence-corrected chi connectivity index (χ2v) is 5.46. The smallest absolute Gasteiger partial charge is 0.324 e. The molecule has 0 aromatic heterocycles. The highest BCUT2D eigenvalue weighted by Gasteiger charge is 2.05. The summed E-state index contributed by atoms with van der Waals surface area (Å²) in [5.41, 5.74) is 0. The number of unbranched alkanes of at least 4 members (excludes halogenated alkanes) is 8. The fourth-order valence-corrected chi connectivity index (χ4v) is 2.25. The van der Waals surface area contributed by atoms with Crippen molar-refractivity contribution in [3.8, 4) is 0 Å². The zero-order valence-electron chi connectivity index (χ0n) is 13.0. The van der Waals surface area contributed by atoms with Crippen LogP contribution in [0.4, 0.5) is 0 Å². The number of nitrogens with two attached hydrogens (primary N) is 1. The van der Waals surface area contributed by atoms with Crippen molar-refractivity contribution >= 4 is 11.8 Å². The minimum Gasteiger partial charge on any atom is -0.373 e. The van der Waals surface area contributed by atoms with Gasteiger partial charge in [0.15, 0.2) is 0 Å². The van der Waals surface area contributed by atoms with Crippen LogP contribution in [-0.2, 0) is 14.4 Å². The Balaban J connectivity index is 3.21. The third kappa shape index (κ3) is 13.5. The third-order valence-electron chi connectivity index (χ3n) is 3.53. The minimum absolute atomic E-state index is 0.236. The van der Waals surface area contributed by atoms with E-state index < -0.39 is 5.97 Å². The van der Waals surface area contributed by atoms with E-state index in [0.29, 0.717) is 19.3 Å². The SMILES string of the molecule is CCCCCCCCCCCC(=O)CCCC(=O)ON. The molecule has 0 amide bonds. The average Bonchev–Trinajstić information content (AvgIpc) is 2.45. The number of hydrogen-bond donors (Lipinski definition) is 1. The monoisotopic (exact) mass is 285 g/mol. The maximum absolute atomic E-state index is 11.5. The molecular weight excluding hydrogens is 254 g/mol. The van der Waals surface area contributed by atoms with Gasteiger partial charge < -0.3 is 4.84 Å². The lowest BCUT2D eigenvalue weighted by Crippen LogP contribution is -2.10. The first kappa shape index (κ1) is 19.1. The molecule has 118 valence electrons. The van der Waals surface area contributed by atoms with Gasteiger partial charge in [0.2, 0.25) is 0 Å². The maximum atomic E-state index is 11.5. The summed E-state index contributed by atoms with van der Waals surface area (Å²) in [6, 6.07) is 0. The van der Waals surface area contributed by atoms with Gasteiger partial charge in [-0.2, -0.15) is 5.90 Å². The van der Waals surface area contributed by atoms with E-state index in [4.69, 9.17) is 5.90 Å². The molecular formula is C16H31NO3. The topological polar surface area (TPSA) is 69.4 Å². The van der Waals surface area contributed by atoms with Crippen molar-refractivity contribution in [1.82, 2.24) is 0 Å². The van der Waals surface area contributed by atoms with E-state index in [1.54, 1.807) is 0 Å². The molecule has 0 spiro atoms. The molecule has 0 aliphatic rings. The summed E-state index contributed by atoms with van der Waals surface area (Å²) in [4.78, 5) is 26.3. The maximum Gasteiger partial charge on any atom is 0.324 e. The first-order valence-corrected chi connectivity index (χ1v) is 8.12. The largest absolute Gasteiger partial charge is 0.373 e. The van der Waals surface area contributed by atoms with Crippen molar-refractivity contribution in [2.45, 2.75) is 90.4 Å². The molecule has 0 unspecified atom stereocenters. The van der Waals surface area contributed by atoms with Crippen LogP contribution in [0.2, 0.25) is 0 Å². The van der Waals surface area contributed by atoms with Crippen molar-refractivity contribution in [2.75, 3.05) is 0 Å². The van der Waals surface area contributed by atoms with Gasteiger partial charge in [0.25, 0.3) is 0 Å². The Bertz CT molecular complexity index is 254. The summed E-state index contributed by atoms with van der Waals surface area (Å²) < 4.78 is 0. The fraction of sp³-hybridized carbons (Fsp3) is 0.875. The normalized spacial score (nSPS) is 10.5. The van der Waals surface area contributed by atoms with Crippen molar-refractivity contribution < 1.29 is 14.4 Å². The molecule has 0 saturated carbocycles. The molecule has 2 N–H and O–H groups in total. The van der Waals surface area contributed by atoms with Gasteiger partial charge >= 0.3 is 5.97 Å². The van der Waals surface area contributed by atoms with Gasteiger partial charge in [-0.05, 0) is 12.8 Å². The van der Waals surface area contributed by atoms with Crippen LogP contribution in [0.3, 0.4) is 0 Å². The summed E-state index contributed by atoms with van der Waals surface area (Å²) in [6.07, 6.45) is 13.2. The lowest BCUT2D eigenvalue weighted by Gasteiger charge is -2.02. The third-order valence-corrected chi connectivity index (χ3v) is 3.53. The fourth-order valence-electron chi connectivity index (χ4n) is 2.25. The van der Waals surface area contributed by atoms with Gasteiger partial charge in [0.05, 0.1) is 0 Å². The van der Waals surface area contributed by atoms with Gasteiger partial charge in [-0.15, -0.1) is 0 Å². The van der Waals surface area contributed by atoms with Crippen molar-refractivity contribution in [3.63, 3.8) is 0 Å². The highest BCUT2D eigenvalue weighted by Crippen LogP contribution is 2.11. The Hall–Kier alpha value is -0.900. The molecule has 0 bridgehead atoms. The second-order valence-electron chi connectivity index (χ2n) is 5.46. The van der Waals surface area contributed by atoms with Crippen LogP contribution in [0.1, 0.15) is 90.4 Å². The van der Waals surface area contributed by atoms with Crippen LogP contribution in [0, 0.1) is 0 Å². The van der Waals surface area contributed by atoms with Gasteiger partial charge in [0.1, 0.15) is 5.78 Å². The number of carbonyl (C=O) groups is 2. The van der Waals surface area contributed by atoms with Crippen molar-refractivity contribution in [2.24, 2.45) is 5.90 Å². The Morgan fingerprint density at radius 2 is 1.25 bits per heavy atom. The molecule has 4 nitrogen and oxygen atoms in total. The van der Waals surface area contributed by atoms with Crippen LogP contribution in [-0.4, -0.2) is 11.8 Å².